The lowest BCUT2D eigenvalue weighted by Crippen LogP contribution is -1.94. The molecule has 1 aromatic carbocycles. The smallest absolute Gasteiger partial charge is 0.130 e. The van der Waals surface area contributed by atoms with Crippen LogP contribution in [-0.2, 0) is 0 Å². The van der Waals surface area contributed by atoms with Gasteiger partial charge in [-0.2, -0.15) is 0 Å². The molecule has 0 aliphatic heterocycles. The molecule has 0 N–H and O–H groups in total. The van der Waals surface area contributed by atoms with Gasteiger partial charge < -0.3 is 4.74 Å². The lowest BCUT2D eigenvalue weighted by atomic mass is 10.2. The number of benzene rings is 1. The number of aromatic nitrogens is 1. The largest absolute Gasteiger partial charge is 0.489 e. The van der Waals surface area contributed by atoms with Crippen molar-refractivity contribution in [1.29, 1.82) is 0 Å². The average Bonchev–Trinajstić information content (AvgIpc) is 2.31. The number of hydrogen-bond acceptors (Lipinski definition) is 2. The number of ether oxygens (including phenoxy) is 1. The third-order valence-corrected chi connectivity index (χ3v) is 2.92. The van der Waals surface area contributed by atoms with Gasteiger partial charge in [-0.25, -0.2) is 0 Å². The number of halogens is 2. The minimum atomic E-state index is 0.444. The Morgan fingerprint density at radius 3 is 2.88 bits per heavy atom. The molecule has 0 unspecified atom stereocenters. The summed E-state index contributed by atoms with van der Waals surface area (Å²) in [6.07, 6.45) is 3.33. The van der Waals surface area contributed by atoms with Crippen molar-refractivity contribution in [3.63, 3.8) is 0 Å². The number of hydrogen-bond donors (Lipinski definition) is 0. The zero-order valence-corrected chi connectivity index (χ0v) is 9.92. The number of nitrogens with zero attached hydrogens (tertiary/aromatic N) is 1. The van der Waals surface area contributed by atoms with Crippen molar-refractivity contribution in [2.75, 3.05) is 6.61 Å². The SMILES string of the molecule is C=CCOc1ccnc2c(Cl)c(Cl)ccc12. The Morgan fingerprint density at radius 2 is 2.12 bits per heavy atom. The fraction of sp³-hybridized carbons (Fsp3) is 0.0833. The van der Waals surface area contributed by atoms with Crippen LogP contribution in [0.1, 0.15) is 0 Å². The van der Waals surface area contributed by atoms with Crippen LogP contribution in [0.2, 0.25) is 10.0 Å². The Morgan fingerprint density at radius 1 is 1.31 bits per heavy atom. The highest BCUT2D eigenvalue weighted by Gasteiger charge is 2.08. The third-order valence-electron chi connectivity index (χ3n) is 2.12. The summed E-state index contributed by atoms with van der Waals surface area (Å²) in [5.41, 5.74) is 0.649. The molecule has 1 heterocycles. The van der Waals surface area contributed by atoms with Crippen LogP contribution in [0.4, 0.5) is 0 Å². The average molecular weight is 254 g/mol. The molecule has 0 spiro atoms. The van der Waals surface area contributed by atoms with Crippen LogP contribution < -0.4 is 4.74 Å². The zero-order chi connectivity index (χ0) is 11.5. The van der Waals surface area contributed by atoms with Crippen LogP contribution in [0.5, 0.6) is 5.75 Å². The quantitative estimate of drug-likeness (QED) is 0.769. The van der Waals surface area contributed by atoms with Crippen LogP contribution in [0, 0.1) is 0 Å². The van der Waals surface area contributed by atoms with E-state index in [1.54, 1.807) is 24.4 Å². The third kappa shape index (κ3) is 1.99. The van der Waals surface area contributed by atoms with Crippen molar-refractivity contribution in [2.24, 2.45) is 0 Å². The standard InChI is InChI=1S/C12H9Cl2NO/c1-2-7-16-10-5-6-15-12-8(10)3-4-9(13)11(12)14/h2-6H,1,7H2. The van der Waals surface area contributed by atoms with Gasteiger partial charge in [0.1, 0.15) is 12.4 Å². The highest BCUT2D eigenvalue weighted by Crippen LogP contribution is 2.33. The monoisotopic (exact) mass is 253 g/mol. The Hall–Kier alpha value is -1.25. The molecular formula is C12H9Cl2NO. The Balaban J connectivity index is 2.60. The molecule has 82 valence electrons. The van der Waals surface area contributed by atoms with Crippen molar-refractivity contribution < 1.29 is 4.74 Å². The van der Waals surface area contributed by atoms with Crippen LogP contribution in [0.15, 0.2) is 37.1 Å². The molecule has 0 saturated carbocycles. The molecule has 0 saturated heterocycles. The van der Waals surface area contributed by atoms with Crippen molar-refractivity contribution in [1.82, 2.24) is 4.98 Å². The minimum absolute atomic E-state index is 0.444. The highest BCUT2D eigenvalue weighted by atomic mass is 35.5. The second-order valence-electron chi connectivity index (χ2n) is 3.17. The van der Waals surface area contributed by atoms with Crippen molar-refractivity contribution >= 4 is 34.1 Å². The van der Waals surface area contributed by atoms with Crippen LogP contribution in [0.25, 0.3) is 10.9 Å². The molecule has 2 rings (SSSR count). The van der Waals surface area contributed by atoms with Crippen molar-refractivity contribution in [3.05, 3.63) is 47.1 Å². The van der Waals surface area contributed by atoms with Gasteiger partial charge in [0, 0.05) is 11.6 Å². The van der Waals surface area contributed by atoms with Gasteiger partial charge in [0.2, 0.25) is 0 Å². The van der Waals surface area contributed by atoms with Crippen LogP contribution in [-0.4, -0.2) is 11.6 Å². The second-order valence-corrected chi connectivity index (χ2v) is 3.95. The fourth-order valence-electron chi connectivity index (χ4n) is 1.41. The van der Waals surface area contributed by atoms with Gasteiger partial charge >= 0.3 is 0 Å². The maximum atomic E-state index is 6.06. The van der Waals surface area contributed by atoms with Crippen LogP contribution in [0.3, 0.4) is 0 Å². The van der Waals surface area contributed by atoms with Gasteiger partial charge in [-0.3, -0.25) is 4.98 Å². The topological polar surface area (TPSA) is 22.1 Å². The Bertz CT molecular complexity index is 540. The molecule has 0 aliphatic carbocycles. The maximum Gasteiger partial charge on any atom is 0.130 e. The van der Waals surface area contributed by atoms with E-state index in [1.807, 2.05) is 6.07 Å². The molecule has 0 radical (unpaired) electrons. The fourth-order valence-corrected chi connectivity index (χ4v) is 1.77. The molecular weight excluding hydrogens is 245 g/mol. The van der Waals surface area contributed by atoms with Crippen molar-refractivity contribution in [2.45, 2.75) is 0 Å². The van der Waals surface area contributed by atoms with E-state index < -0.39 is 0 Å². The highest BCUT2D eigenvalue weighted by molar-refractivity contribution is 6.45. The van der Waals surface area contributed by atoms with E-state index in [9.17, 15) is 0 Å². The number of rotatable bonds is 3. The summed E-state index contributed by atoms with van der Waals surface area (Å²) in [5.74, 6) is 0.725. The Kier molecular flexibility index (Phi) is 3.32. The van der Waals surface area contributed by atoms with Gasteiger partial charge in [-0.05, 0) is 18.2 Å². The molecule has 0 fully saturated rings. The first-order chi connectivity index (χ1) is 7.74. The maximum absolute atomic E-state index is 6.06. The second kappa shape index (κ2) is 4.73. The van der Waals surface area contributed by atoms with E-state index in [0.717, 1.165) is 11.1 Å². The molecule has 0 aliphatic rings. The summed E-state index contributed by atoms with van der Waals surface area (Å²) in [7, 11) is 0. The van der Waals surface area contributed by atoms with E-state index in [-0.39, 0.29) is 0 Å². The van der Waals surface area contributed by atoms with Crippen LogP contribution >= 0.6 is 23.2 Å². The lowest BCUT2D eigenvalue weighted by molar-refractivity contribution is 0.367. The molecule has 1 aromatic heterocycles. The van der Waals surface area contributed by atoms with Crippen molar-refractivity contribution in [3.8, 4) is 5.75 Å². The van der Waals surface area contributed by atoms with Gasteiger partial charge in [0.25, 0.3) is 0 Å². The number of pyridine rings is 1. The van der Waals surface area contributed by atoms with Gasteiger partial charge in [-0.15, -0.1) is 0 Å². The summed E-state index contributed by atoms with van der Waals surface area (Å²) in [6, 6.07) is 5.36. The summed E-state index contributed by atoms with van der Waals surface area (Å²) < 4.78 is 5.50. The Labute approximate surface area is 103 Å². The first-order valence-corrected chi connectivity index (χ1v) is 5.46. The normalized spacial score (nSPS) is 10.4. The van der Waals surface area contributed by atoms with E-state index >= 15 is 0 Å². The zero-order valence-electron chi connectivity index (χ0n) is 8.41. The van der Waals surface area contributed by atoms with Gasteiger partial charge in [0.05, 0.1) is 15.6 Å². The molecule has 0 atom stereocenters. The summed E-state index contributed by atoms with van der Waals surface area (Å²) in [4.78, 5) is 4.19. The predicted octanol–water partition coefficient (Wildman–Crippen LogP) is 4.11. The molecule has 0 bridgehead atoms. The summed E-state index contributed by atoms with van der Waals surface area (Å²) in [6.45, 7) is 4.04. The van der Waals surface area contributed by atoms with E-state index in [2.05, 4.69) is 11.6 Å². The van der Waals surface area contributed by atoms with E-state index in [1.165, 1.54) is 0 Å². The number of fused-ring (bicyclic) bond motifs is 1. The van der Waals surface area contributed by atoms with Gasteiger partial charge in [0.15, 0.2) is 0 Å². The van der Waals surface area contributed by atoms with E-state index in [4.69, 9.17) is 27.9 Å². The molecule has 2 nitrogen and oxygen atoms in total. The first-order valence-electron chi connectivity index (χ1n) is 4.70. The predicted molar refractivity (Wildman–Crippen MR) is 67.5 cm³/mol. The molecule has 2 aromatic rings. The molecule has 16 heavy (non-hydrogen) atoms. The van der Waals surface area contributed by atoms with E-state index in [0.29, 0.717) is 22.2 Å². The molecule has 4 heteroatoms. The van der Waals surface area contributed by atoms with Gasteiger partial charge in [-0.1, -0.05) is 35.9 Å². The summed E-state index contributed by atoms with van der Waals surface area (Å²) in [5, 5.41) is 1.78. The minimum Gasteiger partial charge on any atom is -0.489 e. The first kappa shape index (κ1) is 11.2. The summed E-state index contributed by atoms with van der Waals surface area (Å²) >= 11 is 12.0. The molecule has 0 amide bonds. The lowest BCUT2D eigenvalue weighted by Gasteiger charge is -2.08.